The first-order valence-corrected chi connectivity index (χ1v) is 9.25. The van der Waals surface area contributed by atoms with Gasteiger partial charge in [-0.25, -0.2) is 5.43 Å². The van der Waals surface area contributed by atoms with Crippen molar-refractivity contribution in [3.8, 4) is 0 Å². The number of amides is 1. The number of carbonyl (C=O) groups excluding carboxylic acids is 1. The first-order valence-electron chi connectivity index (χ1n) is 8.20. The Balaban J connectivity index is 1.56. The molecule has 0 unspecified atom stereocenters. The number of thioether (sulfide) groups is 1. The molecule has 3 aromatic rings. The fraction of sp³-hybridized carbons (Fsp3) is 0.143. The third-order valence-corrected chi connectivity index (χ3v) is 5.13. The number of nitrogens with one attached hydrogen (secondary N) is 1. The van der Waals surface area contributed by atoms with Crippen molar-refractivity contribution >= 4 is 34.7 Å². The summed E-state index contributed by atoms with van der Waals surface area (Å²) in [6.45, 7) is 1.90. The van der Waals surface area contributed by atoms with Crippen molar-refractivity contribution in [2.24, 2.45) is 5.10 Å². The highest BCUT2D eigenvalue weighted by atomic mass is 32.2. The number of fused-ring (bicyclic) bond motifs is 1. The molecule has 0 saturated carbocycles. The highest BCUT2D eigenvalue weighted by molar-refractivity contribution is 7.99. The second-order valence-electron chi connectivity index (χ2n) is 5.74. The van der Waals surface area contributed by atoms with Crippen LogP contribution in [0.1, 0.15) is 18.1 Å². The van der Waals surface area contributed by atoms with E-state index >= 15 is 0 Å². The molecule has 25 heavy (non-hydrogen) atoms. The van der Waals surface area contributed by atoms with Gasteiger partial charge in [0.05, 0.1) is 11.5 Å². The molecule has 3 aromatic carbocycles. The molecule has 0 bridgehead atoms. The lowest BCUT2D eigenvalue weighted by Gasteiger charge is -2.09. The minimum Gasteiger partial charge on any atom is -0.272 e. The van der Waals surface area contributed by atoms with Crippen LogP contribution in [0.4, 0.5) is 0 Å². The molecule has 0 aromatic heterocycles. The van der Waals surface area contributed by atoms with Crippen LogP contribution in [0, 0.1) is 0 Å². The highest BCUT2D eigenvalue weighted by Crippen LogP contribution is 2.18. The van der Waals surface area contributed by atoms with Crippen LogP contribution in [0.5, 0.6) is 0 Å². The van der Waals surface area contributed by atoms with Crippen LogP contribution in [0.3, 0.4) is 0 Å². The number of hydrazone groups is 1. The largest absolute Gasteiger partial charge is 0.272 e. The Labute approximate surface area is 152 Å². The van der Waals surface area contributed by atoms with Crippen molar-refractivity contribution in [2.75, 3.05) is 0 Å². The average molecular weight is 348 g/mol. The van der Waals surface area contributed by atoms with E-state index in [0.717, 1.165) is 22.1 Å². The van der Waals surface area contributed by atoms with Gasteiger partial charge in [-0.15, -0.1) is 11.8 Å². The topological polar surface area (TPSA) is 41.5 Å². The normalized spacial score (nSPS) is 12.4. The second kappa shape index (κ2) is 8.49. The molecule has 3 rings (SSSR count). The molecule has 0 aliphatic rings. The minimum absolute atomic E-state index is 0.0857. The molecule has 0 heterocycles. The van der Waals surface area contributed by atoms with Crippen LogP contribution in [-0.2, 0) is 10.5 Å². The second-order valence-corrected chi connectivity index (χ2v) is 7.07. The fourth-order valence-corrected chi connectivity index (χ4v) is 3.33. The van der Waals surface area contributed by atoms with Gasteiger partial charge in [-0.05, 0) is 23.3 Å². The SMILES string of the molecule is C[C@H](SCc1ccccc1)C(=O)N/N=C\c1cccc2ccccc12. The summed E-state index contributed by atoms with van der Waals surface area (Å²) in [6, 6.07) is 24.3. The molecular formula is C21H20N2OS. The van der Waals surface area contributed by atoms with E-state index in [1.54, 1.807) is 18.0 Å². The number of hydrogen-bond acceptors (Lipinski definition) is 3. The van der Waals surface area contributed by atoms with E-state index in [1.807, 2.05) is 49.4 Å². The molecule has 0 saturated heterocycles. The summed E-state index contributed by atoms with van der Waals surface area (Å²) in [5.41, 5.74) is 4.84. The van der Waals surface area contributed by atoms with E-state index in [0.29, 0.717) is 0 Å². The molecular weight excluding hydrogens is 328 g/mol. The lowest BCUT2D eigenvalue weighted by atomic mass is 10.1. The van der Waals surface area contributed by atoms with E-state index < -0.39 is 0 Å². The van der Waals surface area contributed by atoms with Crippen molar-refractivity contribution in [1.82, 2.24) is 5.43 Å². The summed E-state index contributed by atoms with van der Waals surface area (Å²) in [4.78, 5) is 12.2. The molecule has 126 valence electrons. The lowest BCUT2D eigenvalue weighted by Crippen LogP contribution is -2.27. The van der Waals surface area contributed by atoms with Gasteiger partial charge in [0.25, 0.3) is 5.91 Å². The van der Waals surface area contributed by atoms with Crippen molar-refractivity contribution in [3.05, 3.63) is 83.9 Å². The number of carbonyl (C=O) groups is 1. The van der Waals surface area contributed by atoms with Gasteiger partial charge in [-0.2, -0.15) is 5.10 Å². The fourth-order valence-electron chi connectivity index (χ4n) is 2.49. The Morgan fingerprint density at radius 1 is 1.04 bits per heavy atom. The van der Waals surface area contributed by atoms with Gasteiger partial charge in [-0.1, -0.05) is 72.8 Å². The highest BCUT2D eigenvalue weighted by Gasteiger charge is 2.12. The molecule has 0 radical (unpaired) electrons. The Morgan fingerprint density at radius 3 is 2.60 bits per heavy atom. The van der Waals surface area contributed by atoms with Crippen molar-refractivity contribution in [3.63, 3.8) is 0 Å². The third-order valence-electron chi connectivity index (χ3n) is 3.91. The summed E-state index contributed by atoms with van der Waals surface area (Å²) in [7, 11) is 0. The van der Waals surface area contributed by atoms with Crippen LogP contribution >= 0.6 is 11.8 Å². The van der Waals surface area contributed by atoms with Crippen LogP contribution < -0.4 is 5.43 Å². The van der Waals surface area contributed by atoms with Gasteiger partial charge in [0.1, 0.15) is 0 Å². The molecule has 3 nitrogen and oxygen atoms in total. The van der Waals surface area contributed by atoms with E-state index in [-0.39, 0.29) is 11.2 Å². The first kappa shape index (κ1) is 17.2. The van der Waals surface area contributed by atoms with Gasteiger partial charge >= 0.3 is 0 Å². The molecule has 1 N–H and O–H groups in total. The number of benzene rings is 3. The molecule has 0 fully saturated rings. The van der Waals surface area contributed by atoms with Crippen LogP contribution in [0.15, 0.2) is 77.9 Å². The summed E-state index contributed by atoms with van der Waals surface area (Å²) in [5, 5.41) is 6.24. The van der Waals surface area contributed by atoms with E-state index in [2.05, 4.69) is 40.9 Å². The number of nitrogens with zero attached hydrogens (tertiary/aromatic N) is 1. The Hall–Kier alpha value is -2.59. The molecule has 1 amide bonds. The van der Waals surface area contributed by atoms with Gasteiger partial charge < -0.3 is 0 Å². The summed E-state index contributed by atoms with van der Waals surface area (Å²) < 4.78 is 0. The van der Waals surface area contributed by atoms with E-state index in [4.69, 9.17) is 0 Å². The van der Waals surface area contributed by atoms with E-state index in [9.17, 15) is 4.79 Å². The maximum atomic E-state index is 12.2. The smallest absolute Gasteiger partial charge is 0.252 e. The van der Waals surface area contributed by atoms with Crippen molar-refractivity contribution < 1.29 is 4.79 Å². The summed E-state index contributed by atoms with van der Waals surface area (Å²) >= 11 is 1.60. The maximum absolute atomic E-state index is 12.2. The van der Waals surface area contributed by atoms with Crippen molar-refractivity contribution in [1.29, 1.82) is 0 Å². The Morgan fingerprint density at radius 2 is 1.76 bits per heavy atom. The standard InChI is InChI=1S/C21H20N2OS/c1-16(25-15-17-8-3-2-4-9-17)21(24)23-22-14-19-12-7-11-18-10-5-6-13-20(18)19/h2-14,16H,15H2,1H3,(H,23,24)/b22-14-/t16-/m0/s1. The molecule has 0 aliphatic heterocycles. The molecule has 0 spiro atoms. The quantitative estimate of drug-likeness (QED) is 0.522. The summed E-state index contributed by atoms with van der Waals surface area (Å²) in [6.07, 6.45) is 1.70. The zero-order chi connectivity index (χ0) is 17.5. The summed E-state index contributed by atoms with van der Waals surface area (Å²) in [5.74, 6) is 0.722. The van der Waals surface area contributed by atoms with Crippen LogP contribution in [0.25, 0.3) is 10.8 Å². The van der Waals surface area contributed by atoms with Crippen molar-refractivity contribution in [2.45, 2.75) is 17.9 Å². The van der Waals surface area contributed by atoms with Crippen LogP contribution in [0.2, 0.25) is 0 Å². The predicted molar refractivity (Wildman–Crippen MR) is 107 cm³/mol. The number of hydrogen-bond donors (Lipinski definition) is 1. The first-order chi connectivity index (χ1) is 12.2. The van der Waals surface area contributed by atoms with Gasteiger partial charge in [0, 0.05) is 11.3 Å². The predicted octanol–water partition coefficient (Wildman–Crippen LogP) is 4.61. The van der Waals surface area contributed by atoms with Gasteiger partial charge in [0.15, 0.2) is 0 Å². The third kappa shape index (κ3) is 4.70. The molecule has 0 aliphatic carbocycles. The lowest BCUT2D eigenvalue weighted by molar-refractivity contribution is -0.120. The zero-order valence-electron chi connectivity index (χ0n) is 14.1. The van der Waals surface area contributed by atoms with Crippen LogP contribution in [-0.4, -0.2) is 17.4 Å². The average Bonchev–Trinajstić information content (AvgIpc) is 2.67. The molecule has 4 heteroatoms. The monoisotopic (exact) mass is 348 g/mol. The molecule has 1 atom stereocenters. The van der Waals surface area contributed by atoms with E-state index in [1.165, 1.54) is 5.56 Å². The Bertz CT molecular complexity index is 872. The minimum atomic E-state index is -0.162. The van der Waals surface area contributed by atoms with Gasteiger partial charge in [-0.3, -0.25) is 4.79 Å². The number of rotatable bonds is 6. The zero-order valence-corrected chi connectivity index (χ0v) is 14.9. The Kier molecular flexibility index (Phi) is 5.86. The van der Waals surface area contributed by atoms with Gasteiger partial charge in [0.2, 0.25) is 0 Å². The maximum Gasteiger partial charge on any atom is 0.252 e.